The van der Waals surface area contributed by atoms with Gasteiger partial charge < -0.3 is 15.0 Å². The summed E-state index contributed by atoms with van der Waals surface area (Å²) in [6.45, 7) is 2.94. The predicted octanol–water partition coefficient (Wildman–Crippen LogP) is 1.80. The van der Waals surface area contributed by atoms with Crippen LogP contribution < -0.4 is 15.0 Å². The van der Waals surface area contributed by atoms with Crippen LogP contribution in [0.1, 0.15) is 6.42 Å². The molecule has 0 bridgehead atoms. The third-order valence-electron chi connectivity index (χ3n) is 3.02. The second-order valence-corrected chi connectivity index (χ2v) is 4.61. The summed E-state index contributed by atoms with van der Waals surface area (Å²) < 4.78 is 44.4. The van der Waals surface area contributed by atoms with Gasteiger partial charge in [0.25, 0.3) is 0 Å². The second-order valence-electron chi connectivity index (χ2n) is 4.61. The molecule has 1 N–H and O–H groups in total. The van der Waals surface area contributed by atoms with Gasteiger partial charge in [0.05, 0.1) is 24.7 Å². The highest BCUT2D eigenvalue weighted by molar-refractivity contribution is 5.48. The van der Waals surface area contributed by atoms with Gasteiger partial charge in [-0.05, 0) is 13.0 Å². The van der Waals surface area contributed by atoms with Crippen molar-refractivity contribution in [3.05, 3.63) is 18.5 Å². The standard InChI is InChI=1S/C13H18F3N3O2/c14-13(15,16)21-7-6-20-12-8-11(9-18-10-12)19-4-1-2-17-3-5-19/h8-10,17H,1-7H2. The van der Waals surface area contributed by atoms with Crippen molar-refractivity contribution in [3.8, 4) is 5.75 Å². The van der Waals surface area contributed by atoms with Crippen molar-refractivity contribution < 1.29 is 22.6 Å². The highest BCUT2D eigenvalue weighted by Crippen LogP contribution is 2.20. The summed E-state index contributed by atoms with van der Waals surface area (Å²) in [6, 6.07) is 1.78. The third kappa shape index (κ3) is 5.76. The number of ether oxygens (including phenoxy) is 2. The van der Waals surface area contributed by atoms with Gasteiger partial charge in [-0.25, -0.2) is 0 Å². The number of hydrogen-bond acceptors (Lipinski definition) is 5. The lowest BCUT2D eigenvalue weighted by atomic mass is 10.3. The van der Waals surface area contributed by atoms with Crippen LogP contribution >= 0.6 is 0 Å². The first kappa shape index (κ1) is 15.8. The smallest absolute Gasteiger partial charge is 0.489 e. The number of pyridine rings is 1. The Balaban J connectivity index is 1.85. The van der Waals surface area contributed by atoms with Crippen LogP contribution in [-0.2, 0) is 4.74 Å². The molecule has 1 fully saturated rings. The summed E-state index contributed by atoms with van der Waals surface area (Å²) in [4.78, 5) is 6.24. The Bertz CT molecular complexity index is 435. The summed E-state index contributed by atoms with van der Waals surface area (Å²) >= 11 is 0. The lowest BCUT2D eigenvalue weighted by molar-refractivity contribution is -0.325. The van der Waals surface area contributed by atoms with Crippen LogP contribution in [0.2, 0.25) is 0 Å². The van der Waals surface area contributed by atoms with Crippen LogP contribution in [0.15, 0.2) is 18.5 Å². The molecule has 5 nitrogen and oxygen atoms in total. The molecule has 1 aromatic rings. The highest BCUT2D eigenvalue weighted by atomic mass is 19.4. The van der Waals surface area contributed by atoms with E-state index < -0.39 is 13.0 Å². The number of rotatable bonds is 5. The molecule has 21 heavy (non-hydrogen) atoms. The molecule has 0 aliphatic carbocycles. The van der Waals surface area contributed by atoms with E-state index in [9.17, 15) is 13.2 Å². The molecule has 0 atom stereocenters. The van der Waals surface area contributed by atoms with Crippen molar-refractivity contribution in [2.24, 2.45) is 0 Å². The van der Waals surface area contributed by atoms with Crippen LogP contribution in [0.3, 0.4) is 0 Å². The minimum absolute atomic E-state index is 0.174. The molecule has 0 saturated carbocycles. The topological polar surface area (TPSA) is 46.6 Å². The zero-order valence-electron chi connectivity index (χ0n) is 11.5. The number of halogens is 3. The van der Waals surface area contributed by atoms with Gasteiger partial charge in [-0.15, -0.1) is 13.2 Å². The first-order valence-electron chi connectivity index (χ1n) is 6.79. The summed E-state index contributed by atoms with van der Waals surface area (Å²) in [7, 11) is 0. The maximum absolute atomic E-state index is 11.8. The van der Waals surface area contributed by atoms with Crippen molar-refractivity contribution in [2.75, 3.05) is 44.3 Å². The van der Waals surface area contributed by atoms with E-state index in [1.165, 1.54) is 6.20 Å². The SMILES string of the molecule is FC(F)(F)OCCOc1cncc(N2CCCNCC2)c1. The van der Waals surface area contributed by atoms with Gasteiger partial charge in [0.15, 0.2) is 0 Å². The van der Waals surface area contributed by atoms with Crippen molar-refractivity contribution in [1.29, 1.82) is 0 Å². The van der Waals surface area contributed by atoms with Gasteiger partial charge in [0.2, 0.25) is 0 Å². The number of anilines is 1. The fourth-order valence-electron chi connectivity index (χ4n) is 2.08. The van der Waals surface area contributed by atoms with E-state index in [1.807, 2.05) is 0 Å². The van der Waals surface area contributed by atoms with Gasteiger partial charge in [-0.1, -0.05) is 0 Å². The van der Waals surface area contributed by atoms with E-state index in [0.717, 1.165) is 38.3 Å². The largest absolute Gasteiger partial charge is 0.522 e. The molecule has 0 aromatic carbocycles. The van der Waals surface area contributed by atoms with Gasteiger partial charge in [0.1, 0.15) is 12.4 Å². The van der Waals surface area contributed by atoms with E-state index in [4.69, 9.17) is 4.74 Å². The van der Waals surface area contributed by atoms with Crippen molar-refractivity contribution in [2.45, 2.75) is 12.8 Å². The Labute approximate surface area is 121 Å². The van der Waals surface area contributed by atoms with Crippen molar-refractivity contribution in [3.63, 3.8) is 0 Å². The Kier molecular flexibility index (Phi) is 5.63. The molecule has 0 amide bonds. The number of aromatic nitrogens is 1. The van der Waals surface area contributed by atoms with Crippen LogP contribution in [-0.4, -0.2) is 50.7 Å². The molecule has 1 saturated heterocycles. The summed E-state index contributed by atoms with van der Waals surface area (Å²) in [5.41, 5.74) is 0.910. The minimum atomic E-state index is -4.62. The van der Waals surface area contributed by atoms with E-state index in [2.05, 4.69) is 19.9 Å². The molecule has 118 valence electrons. The minimum Gasteiger partial charge on any atom is -0.489 e. The molecular formula is C13H18F3N3O2. The fraction of sp³-hybridized carbons (Fsp3) is 0.615. The zero-order chi connectivity index (χ0) is 15.1. The first-order chi connectivity index (χ1) is 10.0. The molecule has 1 aliphatic heterocycles. The van der Waals surface area contributed by atoms with Crippen LogP contribution in [0.5, 0.6) is 5.75 Å². The molecular weight excluding hydrogens is 287 g/mol. The van der Waals surface area contributed by atoms with E-state index >= 15 is 0 Å². The lowest BCUT2D eigenvalue weighted by Crippen LogP contribution is -2.27. The third-order valence-corrected chi connectivity index (χ3v) is 3.02. The van der Waals surface area contributed by atoms with Gasteiger partial charge in [-0.3, -0.25) is 9.72 Å². The Hall–Kier alpha value is -1.54. The lowest BCUT2D eigenvalue weighted by Gasteiger charge is -2.22. The van der Waals surface area contributed by atoms with Crippen molar-refractivity contribution >= 4 is 5.69 Å². The number of nitrogens with one attached hydrogen (secondary N) is 1. The van der Waals surface area contributed by atoms with Gasteiger partial charge in [0, 0.05) is 25.7 Å². The quantitative estimate of drug-likeness (QED) is 0.841. The Morgan fingerprint density at radius 1 is 1.19 bits per heavy atom. The van der Waals surface area contributed by atoms with Crippen LogP contribution in [0.25, 0.3) is 0 Å². The number of hydrogen-bond donors (Lipinski definition) is 1. The highest BCUT2D eigenvalue weighted by Gasteiger charge is 2.28. The maximum Gasteiger partial charge on any atom is 0.522 e. The number of nitrogens with zero attached hydrogens (tertiary/aromatic N) is 2. The van der Waals surface area contributed by atoms with E-state index in [-0.39, 0.29) is 6.61 Å². The van der Waals surface area contributed by atoms with Crippen LogP contribution in [0.4, 0.5) is 18.9 Å². The van der Waals surface area contributed by atoms with Gasteiger partial charge >= 0.3 is 6.36 Å². The Morgan fingerprint density at radius 3 is 2.86 bits per heavy atom. The summed E-state index contributed by atoms with van der Waals surface area (Å²) in [5, 5.41) is 3.30. The second kappa shape index (κ2) is 7.46. The normalized spacial score (nSPS) is 16.6. The van der Waals surface area contributed by atoms with E-state index in [1.54, 1.807) is 12.3 Å². The molecule has 0 radical (unpaired) electrons. The summed E-state index contributed by atoms with van der Waals surface area (Å²) in [6.07, 6.45) is -0.384. The monoisotopic (exact) mass is 305 g/mol. The summed E-state index contributed by atoms with van der Waals surface area (Å²) in [5.74, 6) is 0.440. The molecule has 0 spiro atoms. The van der Waals surface area contributed by atoms with Crippen LogP contribution in [0, 0.1) is 0 Å². The first-order valence-corrected chi connectivity index (χ1v) is 6.79. The fourth-order valence-corrected chi connectivity index (χ4v) is 2.08. The molecule has 0 unspecified atom stereocenters. The molecule has 1 aliphatic rings. The zero-order valence-corrected chi connectivity index (χ0v) is 11.5. The van der Waals surface area contributed by atoms with E-state index in [0.29, 0.717) is 5.75 Å². The Morgan fingerprint density at radius 2 is 2.05 bits per heavy atom. The van der Waals surface area contributed by atoms with Crippen molar-refractivity contribution in [1.82, 2.24) is 10.3 Å². The molecule has 2 rings (SSSR count). The molecule has 8 heteroatoms. The van der Waals surface area contributed by atoms with Gasteiger partial charge in [-0.2, -0.15) is 0 Å². The molecule has 1 aromatic heterocycles. The number of alkyl halides is 3. The average Bonchev–Trinajstić information content (AvgIpc) is 2.72. The maximum atomic E-state index is 11.8. The average molecular weight is 305 g/mol. The molecule has 2 heterocycles. The predicted molar refractivity (Wildman–Crippen MR) is 71.4 cm³/mol.